The van der Waals surface area contributed by atoms with Crippen molar-refractivity contribution >= 4 is 11.8 Å². The summed E-state index contributed by atoms with van der Waals surface area (Å²) in [6, 6.07) is 8.95. The summed E-state index contributed by atoms with van der Waals surface area (Å²) in [5.74, 6) is 0.314. The van der Waals surface area contributed by atoms with E-state index in [0.29, 0.717) is 11.4 Å². The van der Waals surface area contributed by atoms with Crippen LogP contribution in [0.5, 0.6) is 11.7 Å². The Kier molecular flexibility index (Phi) is 3.69. The maximum absolute atomic E-state index is 11.4. The highest BCUT2D eigenvalue weighted by atomic mass is 32.2. The summed E-state index contributed by atoms with van der Waals surface area (Å²) in [5.41, 5.74) is 0.669. The molecule has 7 heteroatoms. The first-order chi connectivity index (χ1) is 8.76. The van der Waals surface area contributed by atoms with E-state index in [0.717, 1.165) is 11.8 Å². The van der Waals surface area contributed by atoms with Crippen LogP contribution in [-0.2, 0) is 0 Å². The zero-order valence-electron chi connectivity index (χ0n) is 9.49. The van der Waals surface area contributed by atoms with E-state index < -0.39 is 5.95 Å². The van der Waals surface area contributed by atoms with Crippen LogP contribution < -0.4 is 14.5 Å². The first-order valence-electron chi connectivity index (χ1n) is 4.99. The van der Waals surface area contributed by atoms with E-state index in [1.54, 1.807) is 31.4 Å². The maximum Gasteiger partial charge on any atom is 0.298 e. The van der Waals surface area contributed by atoms with Gasteiger partial charge in [-0.05, 0) is 28.6 Å². The van der Waals surface area contributed by atoms with Gasteiger partial charge in [-0.2, -0.15) is 5.26 Å². The third kappa shape index (κ3) is 2.38. The molecule has 0 atom stereocenters. The summed E-state index contributed by atoms with van der Waals surface area (Å²) < 4.78 is 11.0. The highest BCUT2D eigenvalue weighted by Gasteiger charge is 2.20. The Morgan fingerprint density at radius 1 is 1.50 bits per heavy atom. The Morgan fingerprint density at radius 3 is 2.83 bits per heavy atom. The Labute approximate surface area is 107 Å². The quantitative estimate of drug-likeness (QED) is 0.594. The minimum Gasteiger partial charge on any atom is -0.538 e. The molecule has 1 heterocycles. The van der Waals surface area contributed by atoms with Crippen LogP contribution in [0.1, 0.15) is 0 Å². The van der Waals surface area contributed by atoms with Crippen molar-refractivity contribution in [2.45, 2.75) is 5.03 Å². The molecular weight excluding hydrogens is 254 g/mol. The molecule has 0 spiro atoms. The second-order valence-electron chi connectivity index (χ2n) is 3.22. The van der Waals surface area contributed by atoms with Gasteiger partial charge in [-0.15, -0.1) is 0 Å². The molecule has 0 amide bonds. The second-order valence-corrected chi connectivity index (χ2v) is 4.19. The van der Waals surface area contributed by atoms with Crippen molar-refractivity contribution in [2.75, 3.05) is 12.9 Å². The Hall–Kier alpha value is -2.20. The van der Waals surface area contributed by atoms with E-state index >= 15 is 0 Å². The van der Waals surface area contributed by atoms with Gasteiger partial charge in [0.15, 0.2) is 5.95 Å². The molecule has 0 aliphatic rings. The average molecular weight is 263 g/mol. The lowest BCUT2D eigenvalue weighted by molar-refractivity contribution is -0.705. The predicted octanol–water partition coefficient (Wildman–Crippen LogP) is 0.649. The Bertz CT molecular complexity index is 574. The summed E-state index contributed by atoms with van der Waals surface area (Å²) in [4.78, 5) is 0. The maximum atomic E-state index is 11.4. The molecule has 0 radical (unpaired) electrons. The predicted molar refractivity (Wildman–Crippen MR) is 60.4 cm³/mol. The van der Waals surface area contributed by atoms with Gasteiger partial charge in [0.2, 0.25) is 5.69 Å². The molecule has 0 bridgehead atoms. The largest absolute Gasteiger partial charge is 0.538 e. The molecule has 1 aromatic carbocycles. The van der Waals surface area contributed by atoms with E-state index in [2.05, 4.69) is 9.79 Å². The van der Waals surface area contributed by atoms with E-state index in [4.69, 9.17) is 10.00 Å². The second kappa shape index (κ2) is 5.42. The zero-order valence-corrected chi connectivity index (χ0v) is 10.3. The molecule has 0 N–H and O–H groups in total. The molecule has 2 aromatic rings. The Balaban J connectivity index is 2.34. The number of methoxy groups -OCH3 is 1. The topological polar surface area (TPSA) is 86.0 Å². The number of nitriles is 1. The SMILES string of the molecule is COc1ccc(-[n+]2noc([O-])c2SCC#N)cc1. The van der Waals surface area contributed by atoms with Gasteiger partial charge in [-0.3, -0.25) is 0 Å². The number of thioether (sulfide) groups is 1. The standard InChI is InChI=1S/C11H9N3O3S/c1-16-9-4-2-8(3-5-9)14-10(18-7-6-12)11(15)17-13-14/h2-5H,7H2,1H3. The summed E-state index contributed by atoms with van der Waals surface area (Å²) in [6.45, 7) is 0. The fraction of sp³-hybridized carbons (Fsp3) is 0.182. The van der Waals surface area contributed by atoms with Crippen LogP contribution in [-0.4, -0.2) is 18.1 Å². The van der Waals surface area contributed by atoms with Crippen LogP contribution in [0.15, 0.2) is 33.8 Å². The van der Waals surface area contributed by atoms with Gasteiger partial charge in [0.05, 0.1) is 24.2 Å². The van der Waals surface area contributed by atoms with Crippen LogP contribution >= 0.6 is 11.8 Å². The molecular formula is C11H9N3O3S. The molecule has 1 aromatic heterocycles. The number of benzene rings is 1. The minimum atomic E-state index is -0.550. The molecule has 92 valence electrons. The molecule has 0 saturated heterocycles. The molecule has 0 aliphatic carbocycles. The third-order valence-electron chi connectivity index (χ3n) is 2.16. The van der Waals surface area contributed by atoms with Crippen molar-refractivity contribution in [3.8, 4) is 23.5 Å². The Morgan fingerprint density at radius 2 is 2.22 bits per heavy atom. The molecule has 0 unspecified atom stereocenters. The van der Waals surface area contributed by atoms with Crippen molar-refractivity contribution in [3.05, 3.63) is 24.3 Å². The van der Waals surface area contributed by atoms with Crippen molar-refractivity contribution in [3.63, 3.8) is 0 Å². The molecule has 0 aliphatic heterocycles. The van der Waals surface area contributed by atoms with E-state index in [-0.39, 0.29) is 10.8 Å². The summed E-state index contributed by atoms with van der Waals surface area (Å²) in [6.07, 6.45) is 0. The molecule has 0 fully saturated rings. The summed E-state index contributed by atoms with van der Waals surface area (Å²) in [7, 11) is 1.57. The van der Waals surface area contributed by atoms with Gasteiger partial charge in [-0.25, -0.2) is 0 Å². The average Bonchev–Trinajstić information content (AvgIpc) is 2.78. The van der Waals surface area contributed by atoms with Crippen LogP contribution in [0.4, 0.5) is 0 Å². The van der Waals surface area contributed by atoms with Gasteiger partial charge in [0.25, 0.3) is 5.03 Å². The summed E-state index contributed by atoms with van der Waals surface area (Å²) in [5, 5.41) is 23.9. The van der Waals surface area contributed by atoms with Crippen LogP contribution in [0.25, 0.3) is 5.69 Å². The fourth-order valence-electron chi connectivity index (χ4n) is 1.35. The molecule has 2 rings (SSSR count). The summed E-state index contributed by atoms with van der Waals surface area (Å²) >= 11 is 1.09. The lowest BCUT2D eigenvalue weighted by Gasteiger charge is -1.98. The monoisotopic (exact) mass is 263 g/mol. The van der Waals surface area contributed by atoms with Crippen molar-refractivity contribution in [2.24, 2.45) is 0 Å². The highest BCUT2D eigenvalue weighted by molar-refractivity contribution is 7.99. The minimum absolute atomic E-state index is 0.159. The van der Waals surface area contributed by atoms with Gasteiger partial charge in [0.1, 0.15) is 5.75 Å². The van der Waals surface area contributed by atoms with Crippen molar-refractivity contribution < 1.29 is 19.0 Å². The van der Waals surface area contributed by atoms with E-state index in [1.165, 1.54) is 4.68 Å². The van der Waals surface area contributed by atoms with Crippen LogP contribution in [0.3, 0.4) is 0 Å². The van der Waals surface area contributed by atoms with E-state index in [9.17, 15) is 5.11 Å². The number of ether oxygens (including phenoxy) is 1. The lowest BCUT2D eigenvalue weighted by atomic mass is 10.3. The van der Waals surface area contributed by atoms with Crippen molar-refractivity contribution in [1.29, 1.82) is 5.26 Å². The smallest absolute Gasteiger partial charge is 0.298 e. The van der Waals surface area contributed by atoms with Gasteiger partial charge in [0, 0.05) is 12.1 Å². The first kappa shape index (κ1) is 12.3. The van der Waals surface area contributed by atoms with Crippen molar-refractivity contribution in [1.82, 2.24) is 5.27 Å². The number of nitrogens with zero attached hydrogens (tertiary/aromatic N) is 3. The van der Waals surface area contributed by atoms with Crippen LogP contribution in [0, 0.1) is 11.3 Å². The normalized spacial score (nSPS) is 10.0. The lowest BCUT2D eigenvalue weighted by Crippen LogP contribution is -2.34. The molecule has 0 saturated carbocycles. The third-order valence-corrected chi connectivity index (χ3v) is 3.05. The highest BCUT2D eigenvalue weighted by Crippen LogP contribution is 2.23. The molecule has 6 nitrogen and oxygen atoms in total. The van der Waals surface area contributed by atoms with Crippen LogP contribution in [0.2, 0.25) is 0 Å². The van der Waals surface area contributed by atoms with E-state index in [1.807, 2.05) is 6.07 Å². The van der Waals surface area contributed by atoms with Gasteiger partial charge >= 0.3 is 0 Å². The molecule has 18 heavy (non-hydrogen) atoms. The zero-order chi connectivity index (χ0) is 13.0. The number of hydrogen-bond acceptors (Lipinski definition) is 6. The van der Waals surface area contributed by atoms with Gasteiger partial charge in [-0.1, -0.05) is 0 Å². The first-order valence-corrected chi connectivity index (χ1v) is 5.98. The number of aromatic nitrogens is 2. The fourth-order valence-corrected chi connectivity index (χ4v) is 1.97. The number of hydrogen-bond donors (Lipinski definition) is 0. The van der Waals surface area contributed by atoms with Gasteiger partial charge < -0.3 is 14.4 Å². The number of rotatable bonds is 4.